The maximum atomic E-state index is 11.6. The lowest BCUT2D eigenvalue weighted by Crippen LogP contribution is -2.26. The lowest BCUT2D eigenvalue weighted by Gasteiger charge is -2.24. The van der Waals surface area contributed by atoms with Gasteiger partial charge in [-0.2, -0.15) is 11.8 Å². The Balaban J connectivity index is 2.15. The Labute approximate surface area is 112 Å². The first-order chi connectivity index (χ1) is 8.72. The fourth-order valence-electron chi connectivity index (χ4n) is 2.20. The Bertz CT molecular complexity index is 428. The largest absolute Gasteiger partial charge is 0.465 e. The lowest BCUT2D eigenvalue weighted by molar-refractivity contribution is 0.0600. The molecular weight excluding hydrogens is 246 g/mol. The van der Waals surface area contributed by atoms with Crippen molar-refractivity contribution in [3.05, 3.63) is 29.3 Å². The number of thioether (sulfide) groups is 1. The fraction of sp³-hybridized carbons (Fsp3) is 0.500. The normalized spacial score (nSPS) is 19.3. The van der Waals surface area contributed by atoms with Crippen LogP contribution in [0, 0.1) is 6.92 Å². The molecular formula is C14H19NO2S. The minimum atomic E-state index is -0.269. The molecule has 0 radical (unpaired) electrons. The quantitative estimate of drug-likeness (QED) is 0.852. The van der Waals surface area contributed by atoms with Crippen molar-refractivity contribution in [2.24, 2.45) is 0 Å². The van der Waals surface area contributed by atoms with Crippen molar-refractivity contribution >= 4 is 23.4 Å². The first-order valence-corrected chi connectivity index (χ1v) is 7.40. The highest BCUT2D eigenvalue weighted by atomic mass is 32.2. The molecule has 1 fully saturated rings. The molecule has 0 saturated carbocycles. The summed E-state index contributed by atoms with van der Waals surface area (Å²) in [6, 6.07) is 6.25. The van der Waals surface area contributed by atoms with Crippen LogP contribution in [-0.4, -0.2) is 30.6 Å². The fourth-order valence-corrected chi connectivity index (χ4v) is 3.27. The number of methoxy groups -OCH3 is 1. The van der Waals surface area contributed by atoms with Crippen LogP contribution in [-0.2, 0) is 4.74 Å². The zero-order valence-corrected chi connectivity index (χ0v) is 11.7. The molecule has 0 amide bonds. The van der Waals surface area contributed by atoms with Crippen LogP contribution in [0.2, 0.25) is 0 Å². The molecule has 1 aliphatic heterocycles. The molecule has 18 heavy (non-hydrogen) atoms. The van der Waals surface area contributed by atoms with E-state index in [2.05, 4.69) is 5.32 Å². The van der Waals surface area contributed by atoms with Gasteiger partial charge in [0.1, 0.15) is 0 Å². The first-order valence-electron chi connectivity index (χ1n) is 6.24. The number of benzene rings is 1. The molecule has 1 unspecified atom stereocenters. The number of ether oxygens (including phenoxy) is 1. The maximum absolute atomic E-state index is 11.6. The third kappa shape index (κ3) is 2.99. The summed E-state index contributed by atoms with van der Waals surface area (Å²) < 4.78 is 4.79. The molecule has 1 heterocycles. The predicted octanol–water partition coefficient (Wildman–Crippen LogP) is 3.09. The van der Waals surface area contributed by atoms with Crippen LogP contribution < -0.4 is 5.32 Å². The molecule has 0 spiro atoms. The van der Waals surface area contributed by atoms with Crippen LogP contribution in [0.4, 0.5) is 5.69 Å². The van der Waals surface area contributed by atoms with Gasteiger partial charge in [0.25, 0.3) is 0 Å². The van der Waals surface area contributed by atoms with Gasteiger partial charge >= 0.3 is 5.97 Å². The van der Waals surface area contributed by atoms with Gasteiger partial charge < -0.3 is 10.1 Å². The van der Waals surface area contributed by atoms with Gasteiger partial charge in [0.2, 0.25) is 0 Å². The van der Waals surface area contributed by atoms with E-state index in [0.29, 0.717) is 11.6 Å². The summed E-state index contributed by atoms with van der Waals surface area (Å²) in [6.45, 7) is 1.96. The number of esters is 1. The summed E-state index contributed by atoms with van der Waals surface area (Å²) in [5.41, 5.74) is 2.66. The van der Waals surface area contributed by atoms with E-state index in [9.17, 15) is 4.79 Å². The summed E-state index contributed by atoms with van der Waals surface area (Å²) in [6.07, 6.45) is 2.47. The van der Waals surface area contributed by atoms with E-state index in [1.165, 1.54) is 25.7 Å². The average Bonchev–Trinajstić information content (AvgIpc) is 2.41. The number of nitrogens with one attached hydrogen (secondary N) is 1. The van der Waals surface area contributed by atoms with E-state index in [-0.39, 0.29) is 5.97 Å². The summed E-state index contributed by atoms with van der Waals surface area (Å²) in [5, 5.41) is 3.54. The molecule has 1 saturated heterocycles. The van der Waals surface area contributed by atoms with Crippen LogP contribution in [0.5, 0.6) is 0 Å². The van der Waals surface area contributed by atoms with Crippen molar-refractivity contribution < 1.29 is 9.53 Å². The molecule has 98 valence electrons. The van der Waals surface area contributed by atoms with Crippen LogP contribution >= 0.6 is 11.8 Å². The average molecular weight is 265 g/mol. The van der Waals surface area contributed by atoms with E-state index in [1.54, 1.807) is 0 Å². The van der Waals surface area contributed by atoms with Gasteiger partial charge in [0, 0.05) is 17.5 Å². The molecule has 4 heteroatoms. The highest BCUT2D eigenvalue weighted by molar-refractivity contribution is 7.99. The van der Waals surface area contributed by atoms with E-state index in [1.807, 2.05) is 36.9 Å². The van der Waals surface area contributed by atoms with Crippen LogP contribution in [0.1, 0.15) is 28.8 Å². The number of carbonyl (C=O) groups excluding carboxylic acids is 1. The summed E-state index contributed by atoms with van der Waals surface area (Å²) in [5.74, 6) is 2.13. The molecule has 0 aromatic heterocycles. The van der Waals surface area contributed by atoms with Crippen molar-refractivity contribution in [3.63, 3.8) is 0 Å². The molecule has 1 N–H and O–H groups in total. The van der Waals surface area contributed by atoms with Gasteiger partial charge in [-0.1, -0.05) is 6.07 Å². The van der Waals surface area contributed by atoms with E-state index >= 15 is 0 Å². The van der Waals surface area contributed by atoms with Gasteiger partial charge in [0.05, 0.1) is 12.7 Å². The van der Waals surface area contributed by atoms with Crippen molar-refractivity contribution in [2.75, 3.05) is 23.9 Å². The van der Waals surface area contributed by atoms with Crippen LogP contribution in [0.3, 0.4) is 0 Å². The molecule has 1 aliphatic rings. The monoisotopic (exact) mass is 265 g/mol. The Morgan fingerprint density at radius 1 is 1.50 bits per heavy atom. The summed E-state index contributed by atoms with van der Waals surface area (Å²) in [7, 11) is 1.42. The third-order valence-corrected chi connectivity index (χ3v) is 4.47. The van der Waals surface area contributed by atoms with Crippen molar-refractivity contribution in [3.8, 4) is 0 Å². The predicted molar refractivity (Wildman–Crippen MR) is 76.5 cm³/mol. The van der Waals surface area contributed by atoms with E-state index in [4.69, 9.17) is 4.74 Å². The maximum Gasteiger partial charge on any atom is 0.338 e. The zero-order valence-electron chi connectivity index (χ0n) is 10.9. The second-order valence-corrected chi connectivity index (χ2v) is 5.68. The number of hydrogen-bond donors (Lipinski definition) is 1. The number of hydrogen-bond acceptors (Lipinski definition) is 4. The molecule has 0 aliphatic carbocycles. The van der Waals surface area contributed by atoms with Crippen molar-refractivity contribution in [2.45, 2.75) is 25.8 Å². The molecule has 2 rings (SSSR count). The topological polar surface area (TPSA) is 38.3 Å². The second kappa shape index (κ2) is 6.14. The van der Waals surface area contributed by atoms with Crippen molar-refractivity contribution in [1.29, 1.82) is 0 Å². The number of rotatable bonds is 3. The summed E-state index contributed by atoms with van der Waals surface area (Å²) in [4.78, 5) is 11.6. The molecule has 1 aromatic rings. The molecule has 3 nitrogen and oxygen atoms in total. The zero-order chi connectivity index (χ0) is 13.0. The van der Waals surface area contributed by atoms with Gasteiger partial charge in [-0.15, -0.1) is 0 Å². The standard InChI is InChI=1S/C14H19NO2S/c1-10-12(14(16)17-2)6-3-7-13(10)15-11-5-4-8-18-9-11/h3,6-7,11,15H,4-5,8-9H2,1-2H3. The van der Waals surface area contributed by atoms with E-state index in [0.717, 1.165) is 17.0 Å². The SMILES string of the molecule is COC(=O)c1cccc(NC2CCCSC2)c1C. The number of anilines is 1. The Morgan fingerprint density at radius 2 is 2.33 bits per heavy atom. The minimum Gasteiger partial charge on any atom is -0.465 e. The smallest absolute Gasteiger partial charge is 0.338 e. The highest BCUT2D eigenvalue weighted by Gasteiger charge is 2.16. The first kappa shape index (κ1) is 13.3. The van der Waals surface area contributed by atoms with Gasteiger partial charge in [-0.05, 0) is 43.2 Å². The number of carbonyl (C=O) groups is 1. The third-order valence-electron chi connectivity index (χ3n) is 3.26. The van der Waals surface area contributed by atoms with E-state index < -0.39 is 0 Å². The van der Waals surface area contributed by atoms with Crippen molar-refractivity contribution in [1.82, 2.24) is 0 Å². The summed E-state index contributed by atoms with van der Waals surface area (Å²) >= 11 is 1.99. The Kier molecular flexibility index (Phi) is 4.53. The minimum absolute atomic E-state index is 0.269. The van der Waals surface area contributed by atoms with Gasteiger partial charge in [-0.25, -0.2) is 4.79 Å². The highest BCUT2D eigenvalue weighted by Crippen LogP contribution is 2.24. The molecule has 1 aromatic carbocycles. The van der Waals surface area contributed by atoms with Crippen LogP contribution in [0.25, 0.3) is 0 Å². The van der Waals surface area contributed by atoms with Crippen LogP contribution in [0.15, 0.2) is 18.2 Å². The van der Waals surface area contributed by atoms with Gasteiger partial charge in [-0.3, -0.25) is 0 Å². The Hall–Kier alpha value is -1.16. The lowest BCUT2D eigenvalue weighted by atomic mass is 10.1. The molecule has 1 atom stereocenters. The molecule has 0 bridgehead atoms. The Morgan fingerprint density at radius 3 is 3.00 bits per heavy atom. The second-order valence-electron chi connectivity index (χ2n) is 4.53. The van der Waals surface area contributed by atoms with Gasteiger partial charge in [0.15, 0.2) is 0 Å².